The number of fused-ring (bicyclic) bond motifs is 1. The SMILES string of the molecule is COc1ccc(Br)cc1CNC(=O)CN1C(=O)[C@@H](c2ccccc2)Oc2cccnc21. The molecule has 0 radical (unpaired) electrons. The van der Waals surface area contributed by atoms with Gasteiger partial charge in [0.2, 0.25) is 12.0 Å². The molecule has 0 aliphatic carbocycles. The molecule has 0 saturated carbocycles. The number of carbonyl (C=O) groups is 2. The molecule has 2 heterocycles. The van der Waals surface area contributed by atoms with Gasteiger partial charge in [-0.05, 0) is 30.3 Å². The number of hydrogen-bond donors (Lipinski definition) is 1. The number of carbonyl (C=O) groups excluding carboxylic acids is 2. The van der Waals surface area contributed by atoms with Gasteiger partial charge in [-0.25, -0.2) is 4.98 Å². The van der Waals surface area contributed by atoms with Crippen molar-refractivity contribution in [1.82, 2.24) is 10.3 Å². The van der Waals surface area contributed by atoms with Crippen LogP contribution in [-0.2, 0) is 16.1 Å². The Labute approximate surface area is 188 Å². The Kier molecular flexibility index (Phi) is 6.18. The standard InChI is InChI=1S/C23H20BrN3O4/c1-30-18-10-9-17(24)12-16(18)13-26-20(28)14-27-22-19(8-5-11-25-22)31-21(23(27)29)15-6-3-2-4-7-15/h2-12,21H,13-14H2,1H3,(H,26,28)/t21-/m1/s1. The molecule has 7 nitrogen and oxygen atoms in total. The van der Waals surface area contributed by atoms with Gasteiger partial charge in [-0.2, -0.15) is 0 Å². The number of rotatable bonds is 6. The van der Waals surface area contributed by atoms with Crippen LogP contribution in [0.1, 0.15) is 17.2 Å². The van der Waals surface area contributed by atoms with Crippen molar-refractivity contribution in [1.29, 1.82) is 0 Å². The molecule has 0 fully saturated rings. The minimum atomic E-state index is -0.837. The summed E-state index contributed by atoms with van der Waals surface area (Å²) in [5.41, 5.74) is 1.53. The highest BCUT2D eigenvalue weighted by Gasteiger charge is 2.37. The molecule has 1 aliphatic heterocycles. The average molecular weight is 482 g/mol. The van der Waals surface area contributed by atoms with Crippen LogP contribution in [-0.4, -0.2) is 30.5 Å². The van der Waals surface area contributed by atoms with E-state index in [1.807, 2.05) is 48.5 Å². The Morgan fingerprint density at radius 2 is 2.00 bits per heavy atom. The predicted octanol–water partition coefficient (Wildman–Crippen LogP) is 3.64. The highest BCUT2D eigenvalue weighted by molar-refractivity contribution is 9.10. The summed E-state index contributed by atoms with van der Waals surface area (Å²) in [6.45, 7) is 0.0863. The third kappa shape index (κ3) is 4.54. The summed E-state index contributed by atoms with van der Waals surface area (Å²) in [5.74, 6) is 0.794. The molecule has 158 valence electrons. The van der Waals surface area contributed by atoms with E-state index in [9.17, 15) is 9.59 Å². The smallest absolute Gasteiger partial charge is 0.274 e. The van der Waals surface area contributed by atoms with E-state index in [1.165, 1.54) is 4.90 Å². The van der Waals surface area contributed by atoms with E-state index in [1.54, 1.807) is 25.4 Å². The largest absolute Gasteiger partial charge is 0.496 e. The van der Waals surface area contributed by atoms with E-state index >= 15 is 0 Å². The van der Waals surface area contributed by atoms with Gasteiger partial charge in [-0.3, -0.25) is 14.5 Å². The fourth-order valence-corrected chi connectivity index (χ4v) is 3.78. The van der Waals surface area contributed by atoms with Crippen molar-refractivity contribution in [2.24, 2.45) is 0 Å². The normalized spacial score (nSPS) is 15.1. The summed E-state index contributed by atoms with van der Waals surface area (Å²) in [7, 11) is 1.58. The Morgan fingerprint density at radius 1 is 1.19 bits per heavy atom. The lowest BCUT2D eigenvalue weighted by Crippen LogP contribution is -2.46. The second kappa shape index (κ2) is 9.18. The van der Waals surface area contributed by atoms with Gasteiger partial charge in [0.15, 0.2) is 11.6 Å². The average Bonchev–Trinajstić information content (AvgIpc) is 2.80. The van der Waals surface area contributed by atoms with Gasteiger partial charge in [-0.1, -0.05) is 46.3 Å². The zero-order valence-electron chi connectivity index (χ0n) is 16.7. The molecule has 2 amide bonds. The third-order valence-electron chi connectivity index (χ3n) is 4.86. The van der Waals surface area contributed by atoms with Crippen LogP contribution in [0.2, 0.25) is 0 Å². The van der Waals surface area contributed by atoms with E-state index in [4.69, 9.17) is 9.47 Å². The van der Waals surface area contributed by atoms with Gasteiger partial charge >= 0.3 is 0 Å². The number of nitrogens with zero attached hydrogens (tertiary/aromatic N) is 2. The van der Waals surface area contributed by atoms with Crippen LogP contribution in [0.4, 0.5) is 5.82 Å². The van der Waals surface area contributed by atoms with Crippen LogP contribution in [0.3, 0.4) is 0 Å². The second-order valence-electron chi connectivity index (χ2n) is 6.89. The van der Waals surface area contributed by atoms with Gasteiger partial charge in [0, 0.05) is 28.3 Å². The van der Waals surface area contributed by atoms with E-state index in [0.29, 0.717) is 22.9 Å². The molecule has 0 spiro atoms. The first-order chi connectivity index (χ1) is 15.1. The van der Waals surface area contributed by atoms with Crippen molar-refractivity contribution in [2.45, 2.75) is 12.6 Å². The lowest BCUT2D eigenvalue weighted by Gasteiger charge is -2.33. The minimum absolute atomic E-state index is 0.175. The van der Waals surface area contributed by atoms with Crippen molar-refractivity contribution >= 4 is 33.6 Å². The molecule has 3 aromatic rings. The Hall–Kier alpha value is -3.39. The molecular weight excluding hydrogens is 462 g/mol. The molecule has 8 heteroatoms. The van der Waals surface area contributed by atoms with Gasteiger partial charge < -0.3 is 14.8 Å². The van der Waals surface area contributed by atoms with Crippen LogP contribution in [0, 0.1) is 0 Å². The lowest BCUT2D eigenvalue weighted by atomic mass is 10.1. The number of aromatic nitrogens is 1. The van der Waals surface area contributed by atoms with Crippen LogP contribution in [0.5, 0.6) is 11.5 Å². The third-order valence-corrected chi connectivity index (χ3v) is 5.36. The van der Waals surface area contributed by atoms with E-state index in [2.05, 4.69) is 26.2 Å². The Morgan fingerprint density at radius 3 is 2.77 bits per heavy atom. The van der Waals surface area contributed by atoms with Crippen LogP contribution < -0.4 is 19.7 Å². The van der Waals surface area contributed by atoms with Crippen molar-refractivity contribution in [2.75, 3.05) is 18.6 Å². The first-order valence-electron chi connectivity index (χ1n) is 9.64. The van der Waals surface area contributed by atoms with E-state index < -0.39 is 6.10 Å². The monoisotopic (exact) mass is 481 g/mol. The number of halogens is 1. The quantitative estimate of drug-likeness (QED) is 0.581. The number of anilines is 1. The van der Waals surface area contributed by atoms with Crippen molar-refractivity contribution in [3.63, 3.8) is 0 Å². The summed E-state index contributed by atoms with van der Waals surface area (Å²) < 4.78 is 12.1. The number of benzene rings is 2. The van der Waals surface area contributed by atoms with E-state index in [0.717, 1.165) is 10.0 Å². The van der Waals surface area contributed by atoms with Gasteiger partial charge in [0.1, 0.15) is 12.3 Å². The molecule has 0 bridgehead atoms. The summed E-state index contributed by atoms with van der Waals surface area (Å²) in [6.07, 6.45) is 0.728. The van der Waals surface area contributed by atoms with Crippen molar-refractivity contribution in [3.05, 3.63) is 82.5 Å². The molecule has 1 N–H and O–H groups in total. The minimum Gasteiger partial charge on any atom is -0.496 e. The molecule has 0 saturated heterocycles. The van der Waals surface area contributed by atoms with E-state index in [-0.39, 0.29) is 24.9 Å². The fourth-order valence-electron chi connectivity index (χ4n) is 3.37. The highest BCUT2D eigenvalue weighted by atomic mass is 79.9. The van der Waals surface area contributed by atoms with Crippen LogP contribution >= 0.6 is 15.9 Å². The van der Waals surface area contributed by atoms with Crippen LogP contribution in [0.15, 0.2) is 71.3 Å². The summed E-state index contributed by atoms with van der Waals surface area (Å²) in [6, 6.07) is 18.2. The number of methoxy groups -OCH3 is 1. The number of nitrogens with one attached hydrogen (secondary N) is 1. The summed E-state index contributed by atoms with van der Waals surface area (Å²) in [5, 5.41) is 2.85. The van der Waals surface area contributed by atoms with Gasteiger partial charge in [0.05, 0.1) is 7.11 Å². The lowest BCUT2D eigenvalue weighted by molar-refractivity contribution is -0.129. The topological polar surface area (TPSA) is 80.8 Å². The summed E-state index contributed by atoms with van der Waals surface area (Å²) >= 11 is 3.42. The van der Waals surface area contributed by atoms with Crippen molar-refractivity contribution in [3.8, 4) is 11.5 Å². The predicted molar refractivity (Wildman–Crippen MR) is 119 cm³/mol. The first-order valence-corrected chi connectivity index (χ1v) is 10.4. The number of pyridine rings is 1. The Bertz CT molecular complexity index is 1110. The zero-order chi connectivity index (χ0) is 21.8. The molecule has 0 unspecified atom stereocenters. The van der Waals surface area contributed by atoms with Crippen LogP contribution in [0.25, 0.3) is 0 Å². The zero-order valence-corrected chi connectivity index (χ0v) is 18.3. The fraction of sp³-hybridized carbons (Fsp3) is 0.174. The molecule has 1 atom stereocenters. The molecule has 4 rings (SSSR count). The highest BCUT2D eigenvalue weighted by Crippen LogP contribution is 2.36. The number of ether oxygens (including phenoxy) is 2. The molecular formula is C23H20BrN3O4. The number of amides is 2. The first kappa shape index (κ1) is 20.9. The molecule has 1 aliphatic rings. The van der Waals surface area contributed by atoms with Gasteiger partial charge in [0.25, 0.3) is 5.91 Å². The second-order valence-corrected chi connectivity index (χ2v) is 7.81. The Balaban J connectivity index is 1.53. The summed E-state index contributed by atoms with van der Waals surface area (Å²) in [4.78, 5) is 31.6. The molecule has 2 aromatic carbocycles. The molecule has 1 aromatic heterocycles. The van der Waals surface area contributed by atoms with Crippen molar-refractivity contribution < 1.29 is 19.1 Å². The maximum absolute atomic E-state index is 13.2. The maximum atomic E-state index is 13.2. The molecule has 31 heavy (non-hydrogen) atoms. The maximum Gasteiger partial charge on any atom is 0.274 e. The van der Waals surface area contributed by atoms with Gasteiger partial charge in [-0.15, -0.1) is 0 Å². The number of hydrogen-bond acceptors (Lipinski definition) is 5.